The maximum atomic E-state index is 11.4. The monoisotopic (exact) mass is 248 g/mol. The van der Waals surface area contributed by atoms with Crippen LogP contribution >= 0.6 is 0 Å². The summed E-state index contributed by atoms with van der Waals surface area (Å²) in [4.78, 5) is 22.4. The van der Waals surface area contributed by atoms with Crippen molar-refractivity contribution in [2.45, 2.75) is 20.8 Å². The van der Waals surface area contributed by atoms with Crippen LogP contribution < -0.4 is 4.74 Å². The number of hydrogen-bond donors (Lipinski definition) is 0. The minimum Gasteiger partial charge on any atom is -0.463 e. The Morgan fingerprint density at radius 1 is 1.11 bits per heavy atom. The number of carbonyl (C=O) groups is 2. The van der Waals surface area contributed by atoms with Crippen molar-refractivity contribution >= 4 is 11.9 Å². The first kappa shape index (κ1) is 14.0. The molecular weight excluding hydrogens is 232 g/mol. The maximum Gasteiger partial charge on any atom is 0.336 e. The number of esters is 2. The van der Waals surface area contributed by atoms with Crippen molar-refractivity contribution in [3.05, 3.63) is 41.5 Å². The summed E-state index contributed by atoms with van der Waals surface area (Å²) in [5.74, 6) is -0.711. The van der Waals surface area contributed by atoms with Crippen molar-refractivity contribution in [2.24, 2.45) is 0 Å². The summed E-state index contributed by atoms with van der Waals surface area (Å²) < 4.78 is 9.69. The molecule has 0 aliphatic rings. The molecule has 0 spiro atoms. The van der Waals surface area contributed by atoms with Crippen molar-refractivity contribution < 1.29 is 19.1 Å². The Bertz CT molecular complexity index is 475. The van der Waals surface area contributed by atoms with E-state index < -0.39 is 11.9 Å². The molecule has 0 unspecified atom stereocenters. The van der Waals surface area contributed by atoms with E-state index in [2.05, 4.69) is 4.74 Å². The summed E-state index contributed by atoms with van der Waals surface area (Å²) in [7, 11) is 0. The molecule has 0 aliphatic heterocycles. The number of aryl methyl sites for hydroxylation is 2. The van der Waals surface area contributed by atoms with Crippen LogP contribution in [0.3, 0.4) is 0 Å². The molecule has 0 N–H and O–H groups in total. The van der Waals surface area contributed by atoms with Crippen molar-refractivity contribution in [2.75, 3.05) is 6.61 Å². The predicted molar refractivity (Wildman–Crippen MR) is 67.3 cm³/mol. The number of benzene rings is 1. The van der Waals surface area contributed by atoms with E-state index >= 15 is 0 Å². The number of ether oxygens (including phenoxy) is 2. The molecule has 0 bridgehead atoms. The molecule has 0 saturated carbocycles. The third kappa shape index (κ3) is 4.41. The fourth-order valence-corrected chi connectivity index (χ4v) is 1.25. The average molecular weight is 248 g/mol. The van der Waals surface area contributed by atoms with Gasteiger partial charge in [-0.2, -0.15) is 0 Å². The molecule has 0 radical (unpaired) electrons. The van der Waals surface area contributed by atoms with Gasteiger partial charge < -0.3 is 9.47 Å². The third-order valence-corrected chi connectivity index (χ3v) is 2.34. The fraction of sp³-hybridized carbons (Fsp3) is 0.286. The van der Waals surface area contributed by atoms with E-state index in [1.165, 1.54) is 0 Å². The number of carbonyl (C=O) groups excluding carboxylic acids is 2. The van der Waals surface area contributed by atoms with Gasteiger partial charge in [-0.05, 0) is 44.0 Å². The molecule has 4 heteroatoms. The van der Waals surface area contributed by atoms with Gasteiger partial charge >= 0.3 is 11.9 Å². The lowest BCUT2D eigenvalue weighted by Crippen LogP contribution is -2.06. The smallest absolute Gasteiger partial charge is 0.336 e. The van der Waals surface area contributed by atoms with Gasteiger partial charge in [0.15, 0.2) is 0 Å². The predicted octanol–water partition coefficient (Wildman–Crippen LogP) is 2.33. The van der Waals surface area contributed by atoms with E-state index in [1.54, 1.807) is 19.1 Å². The molecule has 1 aromatic rings. The van der Waals surface area contributed by atoms with Crippen molar-refractivity contribution in [1.82, 2.24) is 0 Å². The van der Waals surface area contributed by atoms with Crippen molar-refractivity contribution in [1.29, 1.82) is 0 Å². The largest absolute Gasteiger partial charge is 0.463 e. The summed E-state index contributed by atoms with van der Waals surface area (Å²) in [6.45, 7) is 5.87. The summed E-state index contributed by atoms with van der Waals surface area (Å²) >= 11 is 0. The van der Waals surface area contributed by atoms with E-state index in [1.807, 2.05) is 19.9 Å². The lowest BCUT2D eigenvalue weighted by atomic mass is 10.1. The molecule has 1 rings (SSSR count). The Morgan fingerprint density at radius 3 is 2.39 bits per heavy atom. The summed E-state index contributed by atoms with van der Waals surface area (Å²) in [6, 6.07) is 5.34. The minimum absolute atomic E-state index is 0.273. The topological polar surface area (TPSA) is 52.6 Å². The molecule has 0 heterocycles. The zero-order chi connectivity index (χ0) is 13.5. The first-order chi connectivity index (χ1) is 8.52. The van der Waals surface area contributed by atoms with Gasteiger partial charge in [0.05, 0.1) is 6.61 Å². The van der Waals surface area contributed by atoms with Gasteiger partial charge in [-0.1, -0.05) is 6.07 Å². The van der Waals surface area contributed by atoms with Crippen molar-refractivity contribution in [3.8, 4) is 5.75 Å². The maximum absolute atomic E-state index is 11.4. The molecule has 0 atom stereocenters. The van der Waals surface area contributed by atoms with Gasteiger partial charge in [0.25, 0.3) is 0 Å². The van der Waals surface area contributed by atoms with Gasteiger partial charge in [-0.15, -0.1) is 0 Å². The second kappa shape index (κ2) is 6.59. The summed E-state index contributed by atoms with van der Waals surface area (Å²) in [6.07, 6.45) is 2.10. The lowest BCUT2D eigenvalue weighted by molar-refractivity contribution is -0.138. The van der Waals surface area contributed by atoms with Gasteiger partial charge in [-0.25, -0.2) is 9.59 Å². The molecular formula is C14H16O4. The first-order valence-electron chi connectivity index (χ1n) is 5.67. The van der Waals surface area contributed by atoms with Crippen LogP contribution in [-0.2, 0) is 14.3 Å². The van der Waals surface area contributed by atoms with Crippen LogP contribution in [0.2, 0.25) is 0 Å². The van der Waals surface area contributed by atoms with Gasteiger partial charge in [0, 0.05) is 12.2 Å². The normalized spacial score (nSPS) is 10.4. The fourth-order valence-electron chi connectivity index (χ4n) is 1.25. The number of hydrogen-bond acceptors (Lipinski definition) is 4. The van der Waals surface area contributed by atoms with E-state index in [0.717, 1.165) is 23.3 Å². The van der Waals surface area contributed by atoms with Crippen LogP contribution in [0.25, 0.3) is 0 Å². The van der Waals surface area contributed by atoms with Gasteiger partial charge in [-0.3, -0.25) is 0 Å². The van der Waals surface area contributed by atoms with E-state index in [4.69, 9.17) is 4.74 Å². The van der Waals surface area contributed by atoms with Crippen LogP contribution in [0.5, 0.6) is 5.75 Å². The van der Waals surface area contributed by atoms with Crippen LogP contribution in [0.4, 0.5) is 0 Å². The van der Waals surface area contributed by atoms with E-state index in [9.17, 15) is 9.59 Å². The minimum atomic E-state index is -0.605. The SMILES string of the molecule is CCOC(=O)/C=C/C(=O)Oc1ccc(C)c(C)c1. The van der Waals surface area contributed by atoms with Crippen LogP contribution in [0, 0.1) is 13.8 Å². The Hall–Kier alpha value is -2.10. The van der Waals surface area contributed by atoms with Crippen LogP contribution in [0.1, 0.15) is 18.1 Å². The third-order valence-electron chi connectivity index (χ3n) is 2.34. The molecule has 96 valence electrons. The molecule has 4 nitrogen and oxygen atoms in total. The Labute approximate surface area is 106 Å². The van der Waals surface area contributed by atoms with Crippen LogP contribution in [0.15, 0.2) is 30.4 Å². The molecule has 0 fully saturated rings. The highest BCUT2D eigenvalue weighted by atomic mass is 16.5. The molecule has 18 heavy (non-hydrogen) atoms. The average Bonchev–Trinajstić information content (AvgIpc) is 2.32. The highest BCUT2D eigenvalue weighted by Gasteiger charge is 2.03. The lowest BCUT2D eigenvalue weighted by Gasteiger charge is -2.04. The standard InChI is InChI=1S/C14H16O4/c1-4-17-13(15)7-8-14(16)18-12-6-5-10(2)11(3)9-12/h5-9H,4H2,1-3H3/b8-7+. The summed E-state index contributed by atoms with van der Waals surface area (Å²) in [5, 5.41) is 0. The zero-order valence-corrected chi connectivity index (χ0v) is 10.7. The first-order valence-corrected chi connectivity index (χ1v) is 5.67. The van der Waals surface area contributed by atoms with Crippen molar-refractivity contribution in [3.63, 3.8) is 0 Å². The molecule has 0 amide bonds. The molecule has 0 aromatic heterocycles. The Morgan fingerprint density at radius 2 is 1.78 bits per heavy atom. The summed E-state index contributed by atoms with van der Waals surface area (Å²) in [5.41, 5.74) is 2.16. The van der Waals surface area contributed by atoms with E-state index in [0.29, 0.717) is 5.75 Å². The quantitative estimate of drug-likeness (QED) is 0.466. The van der Waals surface area contributed by atoms with Gasteiger partial charge in [0.2, 0.25) is 0 Å². The number of rotatable bonds is 4. The molecule has 1 aromatic carbocycles. The second-order valence-corrected chi connectivity index (χ2v) is 3.75. The Balaban J connectivity index is 2.59. The zero-order valence-electron chi connectivity index (χ0n) is 10.7. The molecule has 0 aliphatic carbocycles. The highest BCUT2D eigenvalue weighted by molar-refractivity contribution is 5.92. The van der Waals surface area contributed by atoms with E-state index in [-0.39, 0.29) is 6.61 Å². The highest BCUT2D eigenvalue weighted by Crippen LogP contribution is 2.16. The second-order valence-electron chi connectivity index (χ2n) is 3.75. The molecule has 0 saturated heterocycles. The van der Waals surface area contributed by atoms with Crippen LogP contribution in [-0.4, -0.2) is 18.5 Å². The Kier molecular flexibility index (Phi) is 5.11. The van der Waals surface area contributed by atoms with Gasteiger partial charge in [0.1, 0.15) is 5.75 Å².